The lowest BCUT2D eigenvalue weighted by Gasteiger charge is -2.34. The van der Waals surface area contributed by atoms with E-state index in [2.05, 4.69) is 15.1 Å². The highest BCUT2D eigenvalue weighted by Gasteiger charge is 2.15. The van der Waals surface area contributed by atoms with Crippen molar-refractivity contribution >= 4 is 0 Å². The summed E-state index contributed by atoms with van der Waals surface area (Å²) in [6.45, 7) is 10.8. The average Bonchev–Trinajstić information content (AvgIpc) is 2.37. The molecule has 1 heterocycles. The predicted molar refractivity (Wildman–Crippen MR) is 73.1 cm³/mol. The van der Waals surface area contributed by atoms with Crippen molar-refractivity contribution in [2.45, 2.75) is 12.8 Å². The minimum absolute atomic E-state index is 0.785. The first-order valence-corrected chi connectivity index (χ1v) is 6.92. The first-order valence-electron chi connectivity index (χ1n) is 6.92. The first-order chi connectivity index (χ1) is 8.36. The number of nitrogens with two attached hydrogens (primary N) is 2. The van der Waals surface area contributed by atoms with Crippen molar-refractivity contribution in [2.24, 2.45) is 11.5 Å². The van der Waals surface area contributed by atoms with Crippen LogP contribution in [0.5, 0.6) is 0 Å². The highest BCUT2D eigenvalue weighted by molar-refractivity contribution is 4.72. The van der Waals surface area contributed by atoms with Gasteiger partial charge in [0.25, 0.3) is 0 Å². The molecule has 1 aliphatic heterocycles. The number of nitrogens with one attached hydrogen (secondary N) is 1. The molecule has 0 saturated carbocycles. The van der Waals surface area contributed by atoms with Gasteiger partial charge in [-0.15, -0.1) is 0 Å². The summed E-state index contributed by atoms with van der Waals surface area (Å²) >= 11 is 0. The molecule has 5 nitrogen and oxygen atoms in total. The molecule has 5 N–H and O–H groups in total. The monoisotopic (exact) mass is 243 g/mol. The van der Waals surface area contributed by atoms with E-state index < -0.39 is 0 Å². The van der Waals surface area contributed by atoms with Crippen LogP contribution in [-0.4, -0.2) is 75.2 Å². The second-order valence-electron chi connectivity index (χ2n) is 4.72. The van der Waals surface area contributed by atoms with Crippen molar-refractivity contribution in [3.8, 4) is 0 Å². The molecule has 0 bridgehead atoms. The normalized spacial score (nSPS) is 18.7. The summed E-state index contributed by atoms with van der Waals surface area (Å²) in [5.41, 5.74) is 11.0. The zero-order valence-electron chi connectivity index (χ0n) is 11.0. The molecule has 0 amide bonds. The predicted octanol–water partition coefficient (Wildman–Crippen LogP) is -1.11. The van der Waals surface area contributed by atoms with Gasteiger partial charge in [0, 0.05) is 39.3 Å². The molecule has 0 aromatic rings. The second-order valence-corrected chi connectivity index (χ2v) is 4.72. The molecule has 0 aromatic heterocycles. The van der Waals surface area contributed by atoms with Crippen LogP contribution in [0.25, 0.3) is 0 Å². The fraction of sp³-hybridized carbons (Fsp3) is 1.00. The van der Waals surface area contributed by atoms with Gasteiger partial charge in [0.2, 0.25) is 0 Å². The van der Waals surface area contributed by atoms with Crippen LogP contribution in [0.3, 0.4) is 0 Å². The summed E-state index contributed by atoms with van der Waals surface area (Å²) in [7, 11) is 0. The third-order valence-corrected chi connectivity index (χ3v) is 3.31. The van der Waals surface area contributed by atoms with Crippen molar-refractivity contribution < 1.29 is 0 Å². The Morgan fingerprint density at radius 1 is 0.765 bits per heavy atom. The van der Waals surface area contributed by atoms with E-state index in [0.29, 0.717) is 0 Å². The van der Waals surface area contributed by atoms with Gasteiger partial charge < -0.3 is 21.7 Å². The van der Waals surface area contributed by atoms with Gasteiger partial charge >= 0.3 is 0 Å². The second kappa shape index (κ2) is 9.79. The fourth-order valence-electron chi connectivity index (χ4n) is 2.14. The van der Waals surface area contributed by atoms with E-state index in [1.54, 1.807) is 0 Å². The Kier molecular flexibility index (Phi) is 8.56. The van der Waals surface area contributed by atoms with Gasteiger partial charge in [-0.05, 0) is 39.0 Å². The summed E-state index contributed by atoms with van der Waals surface area (Å²) in [4.78, 5) is 5.06. The molecule has 0 aromatic carbocycles. The molecule has 1 aliphatic rings. The minimum Gasteiger partial charge on any atom is -0.330 e. The molecular formula is C12H29N5. The van der Waals surface area contributed by atoms with E-state index in [1.165, 1.54) is 32.7 Å². The number of nitrogens with zero attached hydrogens (tertiary/aromatic N) is 2. The molecule has 0 spiro atoms. The van der Waals surface area contributed by atoms with Crippen molar-refractivity contribution in [1.29, 1.82) is 0 Å². The van der Waals surface area contributed by atoms with Gasteiger partial charge in [0.15, 0.2) is 0 Å². The van der Waals surface area contributed by atoms with Crippen molar-refractivity contribution in [2.75, 3.05) is 65.4 Å². The highest BCUT2D eigenvalue weighted by atomic mass is 15.3. The van der Waals surface area contributed by atoms with Crippen molar-refractivity contribution in [3.63, 3.8) is 0 Å². The first kappa shape index (κ1) is 14.9. The van der Waals surface area contributed by atoms with E-state index in [4.69, 9.17) is 11.5 Å². The van der Waals surface area contributed by atoms with Gasteiger partial charge in [0.1, 0.15) is 0 Å². The van der Waals surface area contributed by atoms with E-state index in [-0.39, 0.29) is 0 Å². The van der Waals surface area contributed by atoms with Crippen molar-refractivity contribution in [3.05, 3.63) is 0 Å². The third kappa shape index (κ3) is 6.95. The Morgan fingerprint density at radius 3 is 1.94 bits per heavy atom. The van der Waals surface area contributed by atoms with Gasteiger partial charge in [-0.1, -0.05) is 0 Å². The molecule has 1 saturated heterocycles. The number of hydrogen-bond donors (Lipinski definition) is 3. The lowest BCUT2D eigenvalue weighted by Crippen LogP contribution is -2.48. The Labute approximate surface area is 105 Å². The zero-order chi connectivity index (χ0) is 12.3. The quantitative estimate of drug-likeness (QED) is 0.448. The molecule has 1 fully saturated rings. The molecule has 0 radical (unpaired) electrons. The van der Waals surface area contributed by atoms with Crippen LogP contribution in [0.2, 0.25) is 0 Å². The topological polar surface area (TPSA) is 70.5 Å². The van der Waals surface area contributed by atoms with Crippen LogP contribution >= 0.6 is 0 Å². The summed E-state index contributed by atoms with van der Waals surface area (Å²) in [5, 5.41) is 3.43. The molecule has 5 heteroatoms. The summed E-state index contributed by atoms with van der Waals surface area (Å²) in [5.74, 6) is 0. The van der Waals surface area contributed by atoms with Crippen LogP contribution in [0.4, 0.5) is 0 Å². The lowest BCUT2D eigenvalue weighted by molar-refractivity contribution is 0.132. The van der Waals surface area contributed by atoms with Gasteiger partial charge in [0.05, 0.1) is 0 Å². The number of hydrogen-bond acceptors (Lipinski definition) is 5. The van der Waals surface area contributed by atoms with E-state index in [1.807, 2.05) is 0 Å². The maximum absolute atomic E-state index is 5.52. The number of piperazine rings is 1. The zero-order valence-corrected chi connectivity index (χ0v) is 11.0. The van der Waals surface area contributed by atoms with Gasteiger partial charge in [-0.3, -0.25) is 4.90 Å². The molecule has 1 rings (SSSR count). The maximum Gasteiger partial charge on any atom is 0.0110 e. The van der Waals surface area contributed by atoms with Crippen molar-refractivity contribution in [1.82, 2.24) is 15.1 Å². The van der Waals surface area contributed by atoms with Gasteiger partial charge in [-0.2, -0.15) is 0 Å². The SMILES string of the molecule is NCCCNCCN1CCN(CCCN)CC1. The standard InChI is InChI=1S/C12H29N5/c13-3-1-5-15-6-8-17-11-9-16(10-12-17)7-2-4-14/h15H,1-14H2. The van der Waals surface area contributed by atoms with Crippen LogP contribution in [0.15, 0.2) is 0 Å². The molecule has 0 atom stereocenters. The Hall–Kier alpha value is -0.200. The van der Waals surface area contributed by atoms with E-state index in [9.17, 15) is 0 Å². The largest absolute Gasteiger partial charge is 0.330 e. The Bertz CT molecular complexity index is 166. The molecule has 0 aliphatic carbocycles. The smallest absolute Gasteiger partial charge is 0.0110 e. The van der Waals surface area contributed by atoms with Gasteiger partial charge in [-0.25, -0.2) is 0 Å². The highest BCUT2D eigenvalue weighted by Crippen LogP contribution is 2.01. The lowest BCUT2D eigenvalue weighted by atomic mass is 10.3. The Morgan fingerprint density at radius 2 is 1.35 bits per heavy atom. The van der Waals surface area contributed by atoms with E-state index >= 15 is 0 Å². The average molecular weight is 243 g/mol. The maximum atomic E-state index is 5.52. The van der Waals surface area contributed by atoms with Crippen LogP contribution in [-0.2, 0) is 0 Å². The summed E-state index contributed by atoms with van der Waals surface area (Å²) in [6.07, 6.45) is 2.20. The van der Waals surface area contributed by atoms with Crippen LogP contribution in [0, 0.1) is 0 Å². The number of rotatable bonds is 9. The summed E-state index contributed by atoms with van der Waals surface area (Å²) < 4.78 is 0. The van der Waals surface area contributed by atoms with E-state index in [0.717, 1.165) is 45.6 Å². The van der Waals surface area contributed by atoms with Crippen LogP contribution < -0.4 is 16.8 Å². The molecular weight excluding hydrogens is 214 g/mol. The van der Waals surface area contributed by atoms with Crippen LogP contribution in [0.1, 0.15) is 12.8 Å². The molecule has 17 heavy (non-hydrogen) atoms. The fourth-order valence-corrected chi connectivity index (χ4v) is 2.14. The molecule has 102 valence electrons. The Balaban J connectivity index is 1.95. The summed E-state index contributed by atoms with van der Waals surface area (Å²) in [6, 6.07) is 0. The minimum atomic E-state index is 0.785. The third-order valence-electron chi connectivity index (χ3n) is 3.31. The molecule has 0 unspecified atom stereocenters.